The fourth-order valence-electron chi connectivity index (χ4n) is 1.25. The summed E-state index contributed by atoms with van der Waals surface area (Å²) >= 11 is 3.91. The van der Waals surface area contributed by atoms with E-state index in [9.17, 15) is 13.6 Å². The van der Waals surface area contributed by atoms with Crippen molar-refractivity contribution >= 4 is 18.6 Å². The summed E-state index contributed by atoms with van der Waals surface area (Å²) in [6.07, 6.45) is 0. The van der Waals surface area contributed by atoms with Gasteiger partial charge >= 0.3 is 12.6 Å². The first-order valence-electron chi connectivity index (χ1n) is 4.88. The van der Waals surface area contributed by atoms with Gasteiger partial charge in [-0.15, -0.1) is 12.6 Å². The predicted molar refractivity (Wildman–Crippen MR) is 61.0 cm³/mol. The second-order valence-electron chi connectivity index (χ2n) is 3.08. The summed E-state index contributed by atoms with van der Waals surface area (Å²) < 4.78 is 33.4. The summed E-state index contributed by atoms with van der Waals surface area (Å²) in [5, 5.41) is 8.75. The van der Waals surface area contributed by atoms with Crippen LogP contribution in [-0.2, 0) is 4.74 Å². The molecule has 0 aliphatic rings. The first-order chi connectivity index (χ1) is 8.49. The van der Waals surface area contributed by atoms with Crippen molar-refractivity contribution in [1.82, 2.24) is 0 Å². The van der Waals surface area contributed by atoms with Gasteiger partial charge in [0.2, 0.25) is 0 Å². The van der Waals surface area contributed by atoms with E-state index in [0.717, 1.165) is 6.07 Å². The van der Waals surface area contributed by atoms with E-state index in [1.165, 1.54) is 6.07 Å². The minimum atomic E-state index is -3.10. The monoisotopic (exact) mass is 273 g/mol. The molecule has 0 saturated heterocycles. The van der Waals surface area contributed by atoms with Crippen LogP contribution in [0.1, 0.15) is 22.8 Å². The van der Waals surface area contributed by atoms with Gasteiger partial charge in [0.15, 0.2) is 5.75 Å². The van der Waals surface area contributed by atoms with Crippen LogP contribution in [0.2, 0.25) is 0 Å². The average Bonchev–Trinajstić information content (AvgIpc) is 2.31. The van der Waals surface area contributed by atoms with E-state index in [1.807, 2.05) is 0 Å². The zero-order valence-electron chi connectivity index (χ0n) is 9.31. The number of carbonyl (C=O) groups excluding carboxylic acids is 1. The fourth-order valence-corrected chi connectivity index (χ4v) is 1.56. The zero-order valence-corrected chi connectivity index (χ0v) is 10.2. The van der Waals surface area contributed by atoms with Gasteiger partial charge in [0, 0.05) is 4.90 Å². The van der Waals surface area contributed by atoms with Crippen molar-refractivity contribution in [3.05, 3.63) is 23.3 Å². The van der Waals surface area contributed by atoms with Crippen LogP contribution in [0.4, 0.5) is 8.78 Å². The first kappa shape index (κ1) is 14.3. The second kappa shape index (κ2) is 6.21. The lowest BCUT2D eigenvalue weighted by molar-refractivity contribution is -0.0522. The van der Waals surface area contributed by atoms with E-state index in [2.05, 4.69) is 17.4 Å². The van der Waals surface area contributed by atoms with Crippen molar-refractivity contribution in [3.63, 3.8) is 0 Å². The van der Waals surface area contributed by atoms with Crippen LogP contribution in [-0.4, -0.2) is 19.2 Å². The third kappa shape index (κ3) is 3.34. The number of alkyl halides is 2. The molecule has 0 unspecified atom stereocenters. The molecule has 0 radical (unpaired) electrons. The van der Waals surface area contributed by atoms with E-state index in [-0.39, 0.29) is 22.6 Å². The lowest BCUT2D eigenvalue weighted by Gasteiger charge is -2.12. The number of hydrogen-bond acceptors (Lipinski definition) is 5. The third-order valence-corrected chi connectivity index (χ3v) is 2.23. The van der Waals surface area contributed by atoms with Gasteiger partial charge in [-0.1, -0.05) is 0 Å². The standard InChI is InChI=1S/C11H9F2NO3S/c1-2-16-10(15)7-3-6(5-14)4-8(18)9(7)17-11(12)13/h3-4,11,18H,2H2,1H3. The Kier molecular flexibility index (Phi) is 4.92. The van der Waals surface area contributed by atoms with Gasteiger partial charge in [0.1, 0.15) is 5.56 Å². The lowest BCUT2D eigenvalue weighted by atomic mass is 10.1. The highest BCUT2D eigenvalue weighted by atomic mass is 32.1. The molecule has 0 amide bonds. The maximum atomic E-state index is 12.2. The summed E-state index contributed by atoms with van der Waals surface area (Å²) in [6, 6.07) is 4.13. The van der Waals surface area contributed by atoms with Gasteiger partial charge in [0.05, 0.1) is 18.2 Å². The Bertz CT molecular complexity index is 500. The van der Waals surface area contributed by atoms with E-state index in [0.29, 0.717) is 0 Å². The van der Waals surface area contributed by atoms with Gasteiger partial charge in [-0.2, -0.15) is 14.0 Å². The molecule has 0 atom stereocenters. The number of rotatable bonds is 4. The number of halogens is 2. The SMILES string of the molecule is CCOC(=O)c1cc(C#N)cc(S)c1OC(F)F. The number of ether oxygens (including phenoxy) is 2. The van der Waals surface area contributed by atoms with Gasteiger partial charge in [-0.25, -0.2) is 4.79 Å². The van der Waals surface area contributed by atoms with E-state index >= 15 is 0 Å². The van der Waals surface area contributed by atoms with Crippen molar-refractivity contribution in [2.75, 3.05) is 6.61 Å². The molecule has 1 rings (SSSR count). The largest absolute Gasteiger partial charge is 0.462 e. The van der Waals surface area contributed by atoms with E-state index in [1.54, 1.807) is 13.0 Å². The van der Waals surface area contributed by atoms with Crippen LogP contribution in [0.3, 0.4) is 0 Å². The molecule has 0 bridgehead atoms. The van der Waals surface area contributed by atoms with Crippen molar-refractivity contribution in [3.8, 4) is 11.8 Å². The van der Waals surface area contributed by atoms with Crippen molar-refractivity contribution in [2.45, 2.75) is 18.4 Å². The van der Waals surface area contributed by atoms with Crippen molar-refractivity contribution in [1.29, 1.82) is 5.26 Å². The molecule has 4 nitrogen and oxygen atoms in total. The number of thiol groups is 1. The summed E-state index contributed by atoms with van der Waals surface area (Å²) in [4.78, 5) is 11.5. The van der Waals surface area contributed by atoms with Crippen LogP contribution in [0.25, 0.3) is 0 Å². The average molecular weight is 273 g/mol. The summed E-state index contributed by atoms with van der Waals surface area (Å²) in [7, 11) is 0. The molecule has 0 fully saturated rings. The molecule has 0 aromatic heterocycles. The number of esters is 1. The maximum absolute atomic E-state index is 12.2. The van der Waals surface area contributed by atoms with Crippen LogP contribution >= 0.6 is 12.6 Å². The molecule has 0 aliphatic carbocycles. The number of hydrogen-bond donors (Lipinski definition) is 1. The zero-order chi connectivity index (χ0) is 13.7. The smallest absolute Gasteiger partial charge is 0.387 e. The summed E-state index contributed by atoms with van der Waals surface area (Å²) in [6.45, 7) is -1.45. The highest BCUT2D eigenvalue weighted by Gasteiger charge is 2.20. The van der Waals surface area contributed by atoms with Gasteiger partial charge < -0.3 is 9.47 Å². The Balaban J connectivity index is 3.29. The summed E-state index contributed by atoms with van der Waals surface area (Å²) in [5.74, 6) is -1.24. The van der Waals surface area contributed by atoms with Gasteiger partial charge in [-0.05, 0) is 19.1 Å². The molecular weight excluding hydrogens is 264 g/mol. The highest BCUT2D eigenvalue weighted by molar-refractivity contribution is 7.80. The topological polar surface area (TPSA) is 59.3 Å². The molecule has 0 aliphatic heterocycles. The molecule has 0 spiro atoms. The predicted octanol–water partition coefficient (Wildman–Crippen LogP) is 2.63. The Morgan fingerprint density at radius 1 is 1.56 bits per heavy atom. The van der Waals surface area contributed by atoms with Crippen LogP contribution in [0, 0.1) is 11.3 Å². The van der Waals surface area contributed by atoms with E-state index < -0.39 is 18.3 Å². The number of carbonyl (C=O) groups is 1. The fraction of sp³-hybridized carbons (Fsp3) is 0.273. The molecule has 0 N–H and O–H groups in total. The lowest BCUT2D eigenvalue weighted by Crippen LogP contribution is -2.11. The molecule has 0 heterocycles. The molecule has 18 heavy (non-hydrogen) atoms. The molecule has 7 heteroatoms. The Morgan fingerprint density at radius 3 is 2.72 bits per heavy atom. The van der Waals surface area contributed by atoms with Crippen molar-refractivity contribution in [2.24, 2.45) is 0 Å². The molecule has 0 saturated carbocycles. The minimum absolute atomic E-state index is 0.0302. The second-order valence-corrected chi connectivity index (χ2v) is 3.56. The quantitative estimate of drug-likeness (QED) is 0.676. The van der Waals surface area contributed by atoms with Crippen molar-refractivity contribution < 1.29 is 23.0 Å². The molecule has 96 valence electrons. The van der Waals surface area contributed by atoms with Crippen LogP contribution < -0.4 is 4.74 Å². The Morgan fingerprint density at radius 2 is 2.22 bits per heavy atom. The first-order valence-corrected chi connectivity index (χ1v) is 5.33. The molecule has 1 aromatic rings. The Labute approximate surface area is 108 Å². The molecule has 1 aromatic carbocycles. The summed E-state index contributed by atoms with van der Waals surface area (Å²) in [5.41, 5.74) is -0.147. The van der Waals surface area contributed by atoms with Crippen LogP contribution in [0.5, 0.6) is 5.75 Å². The van der Waals surface area contributed by atoms with Crippen LogP contribution in [0.15, 0.2) is 17.0 Å². The van der Waals surface area contributed by atoms with Gasteiger partial charge in [-0.3, -0.25) is 0 Å². The Hall–Kier alpha value is -1.81. The normalized spacial score (nSPS) is 10.0. The minimum Gasteiger partial charge on any atom is -0.462 e. The maximum Gasteiger partial charge on any atom is 0.387 e. The number of nitrogens with zero attached hydrogens (tertiary/aromatic N) is 1. The molecular formula is C11H9F2NO3S. The highest BCUT2D eigenvalue weighted by Crippen LogP contribution is 2.31. The third-order valence-electron chi connectivity index (χ3n) is 1.90. The van der Waals surface area contributed by atoms with Gasteiger partial charge in [0.25, 0.3) is 0 Å². The number of nitriles is 1. The van der Waals surface area contributed by atoms with E-state index in [4.69, 9.17) is 10.00 Å². The number of benzene rings is 1.